The van der Waals surface area contributed by atoms with E-state index in [1.54, 1.807) is 18.2 Å². The van der Waals surface area contributed by atoms with Crippen molar-refractivity contribution in [3.05, 3.63) is 112 Å². The Morgan fingerprint density at radius 2 is 1.33 bits per heavy atom. The van der Waals surface area contributed by atoms with Crippen molar-refractivity contribution in [3.63, 3.8) is 0 Å². The number of nitro benzene ring substituents is 1. The molecule has 1 aliphatic heterocycles. The normalized spacial score (nSPS) is 23.9. The molecule has 5 atom stereocenters. The molecule has 9 nitrogen and oxygen atoms in total. The fourth-order valence-corrected chi connectivity index (χ4v) is 4.06. The van der Waals surface area contributed by atoms with E-state index in [1.165, 1.54) is 6.07 Å². The Kier molecular flexibility index (Phi) is 9.12. The van der Waals surface area contributed by atoms with E-state index in [-0.39, 0.29) is 25.5 Å². The summed E-state index contributed by atoms with van der Waals surface area (Å²) in [7, 11) is 0. The monoisotopic (exact) mass is 495 g/mol. The third-order valence-electron chi connectivity index (χ3n) is 5.96. The van der Waals surface area contributed by atoms with E-state index in [0.29, 0.717) is 5.56 Å². The first-order valence-electron chi connectivity index (χ1n) is 11.7. The van der Waals surface area contributed by atoms with Gasteiger partial charge in [-0.25, -0.2) is 0 Å². The smallest absolute Gasteiger partial charge is 0.274 e. The predicted molar refractivity (Wildman–Crippen MR) is 130 cm³/mol. The molecule has 2 N–H and O–H groups in total. The van der Waals surface area contributed by atoms with Gasteiger partial charge in [-0.3, -0.25) is 10.1 Å². The number of hydrogen-bond donors (Lipinski definition) is 2. The van der Waals surface area contributed by atoms with Gasteiger partial charge in [0.2, 0.25) is 0 Å². The summed E-state index contributed by atoms with van der Waals surface area (Å²) in [5, 5.41) is 32.2. The van der Waals surface area contributed by atoms with Crippen molar-refractivity contribution < 1.29 is 34.1 Å². The van der Waals surface area contributed by atoms with Gasteiger partial charge in [-0.1, -0.05) is 72.8 Å². The van der Waals surface area contributed by atoms with Crippen molar-refractivity contribution in [2.75, 3.05) is 6.61 Å². The lowest BCUT2D eigenvalue weighted by atomic mass is 9.98. The second-order valence-electron chi connectivity index (χ2n) is 8.44. The van der Waals surface area contributed by atoms with Crippen LogP contribution in [0.5, 0.6) is 0 Å². The summed E-state index contributed by atoms with van der Waals surface area (Å²) in [6.07, 6.45) is -5.01. The minimum atomic E-state index is -1.19. The van der Waals surface area contributed by atoms with Crippen LogP contribution >= 0.6 is 0 Å². The van der Waals surface area contributed by atoms with Crippen molar-refractivity contribution in [2.45, 2.75) is 50.5 Å². The summed E-state index contributed by atoms with van der Waals surface area (Å²) in [4.78, 5) is 10.9. The number of ether oxygens (including phenoxy) is 4. The van der Waals surface area contributed by atoms with Crippen LogP contribution in [-0.4, -0.2) is 52.4 Å². The Hall–Kier alpha value is -3.18. The van der Waals surface area contributed by atoms with E-state index in [1.807, 2.05) is 60.7 Å². The fraction of sp³-hybridized carbons (Fsp3) is 0.333. The first-order valence-corrected chi connectivity index (χ1v) is 11.7. The molecule has 0 aromatic heterocycles. The molecular weight excluding hydrogens is 466 g/mol. The number of benzene rings is 3. The molecule has 0 saturated carbocycles. The Labute approximate surface area is 209 Å². The molecule has 1 fully saturated rings. The zero-order valence-corrected chi connectivity index (χ0v) is 19.6. The van der Waals surface area contributed by atoms with Crippen LogP contribution in [0, 0.1) is 10.1 Å². The maximum absolute atomic E-state index is 11.4. The number of aliphatic hydroxyl groups excluding tert-OH is 2. The quantitative estimate of drug-likeness (QED) is 0.307. The molecule has 0 aliphatic carbocycles. The molecule has 1 saturated heterocycles. The Morgan fingerprint density at radius 3 is 1.92 bits per heavy atom. The van der Waals surface area contributed by atoms with Crippen molar-refractivity contribution >= 4 is 5.69 Å². The number of nitro groups is 1. The van der Waals surface area contributed by atoms with E-state index < -0.39 is 42.2 Å². The van der Waals surface area contributed by atoms with E-state index >= 15 is 0 Å². The van der Waals surface area contributed by atoms with Crippen LogP contribution in [0.4, 0.5) is 5.69 Å². The van der Waals surface area contributed by atoms with Gasteiger partial charge >= 0.3 is 0 Å². The molecule has 1 aliphatic rings. The van der Waals surface area contributed by atoms with Gasteiger partial charge in [0.25, 0.3) is 5.69 Å². The molecule has 4 rings (SSSR count). The fourth-order valence-electron chi connectivity index (χ4n) is 4.06. The molecule has 190 valence electrons. The van der Waals surface area contributed by atoms with Gasteiger partial charge in [0, 0.05) is 6.07 Å². The molecule has 0 unspecified atom stereocenters. The summed E-state index contributed by atoms with van der Waals surface area (Å²) in [6.45, 7) is -0.208. The van der Waals surface area contributed by atoms with Crippen LogP contribution in [0.1, 0.15) is 16.7 Å². The number of rotatable bonds is 11. The van der Waals surface area contributed by atoms with Crippen molar-refractivity contribution in [1.29, 1.82) is 0 Å². The summed E-state index contributed by atoms with van der Waals surface area (Å²) in [5.41, 5.74) is 2.08. The third-order valence-corrected chi connectivity index (χ3v) is 5.96. The molecule has 1 heterocycles. The van der Waals surface area contributed by atoms with E-state index in [9.17, 15) is 20.3 Å². The van der Waals surface area contributed by atoms with Gasteiger partial charge < -0.3 is 29.2 Å². The first-order chi connectivity index (χ1) is 17.6. The molecule has 3 aromatic rings. The second-order valence-corrected chi connectivity index (χ2v) is 8.44. The van der Waals surface area contributed by atoms with E-state index in [0.717, 1.165) is 11.1 Å². The summed E-state index contributed by atoms with van der Waals surface area (Å²) < 4.78 is 24.1. The number of aliphatic hydroxyl groups is 2. The molecule has 0 radical (unpaired) electrons. The molecule has 9 heteroatoms. The van der Waals surface area contributed by atoms with Crippen LogP contribution in [0.2, 0.25) is 0 Å². The van der Waals surface area contributed by atoms with Crippen molar-refractivity contribution in [3.8, 4) is 0 Å². The number of hydrogen-bond acceptors (Lipinski definition) is 8. The number of nitrogens with zero attached hydrogens (tertiary/aromatic N) is 1. The maximum atomic E-state index is 11.4. The van der Waals surface area contributed by atoms with Gasteiger partial charge in [0.1, 0.15) is 24.4 Å². The first kappa shape index (κ1) is 25.9. The third kappa shape index (κ3) is 6.52. The highest BCUT2D eigenvalue weighted by Gasteiger charge is 2.47. The highest BCUT2D eigenvalue weighted by molar-refractivity contribution is 5.39. The lowest BCUT2D eigenvalue weighted by molar-refractivity contribution is -0.386. The van der Waals surface area contributed by atoms with E-state index in [4.69, 9.17) is 18.9 Å². The van der Waals surface area contributed by atoms with Crippen molar-refractivity contribution in [2.24, 2.45) is 0 Å². The largest absolute Gasteiger partial charge is 0.394 e. The van der Waals surface area contributed by atoms with Crippen LogP contribution in [-0.2, 0) is 38.8 Å². The SMILES string of the molecule is O=[N+]([O-])c1ccccc1CO[C@@H]1O[C@H](CO)[C@@H](O)[C@H](OCc2ccccc2)[C@H]1OCc1ccccc1. The Balaban J connectivity index is 1.56. The lowest BCUT2D eigenvalue weighted by Gasteiger charge is -2.43. The molecule has 0 amide bonds. The maximum Gasteiger partial charge on any atom is 0.274 e. The zero-order valence-electron chi connectivity index (χ0n) is 19.6. The molecule has 0 spiro atoms. The Bertz CT molecular complexity index is 1100. The molecule has 3 aromatic carbocycles. The summed E-state index contributed by atoms with van der Waals surface area (Å²) >= 11 is 0. The predicted octanol–water partition coefficient (Wildman–Crippen LogP) is 3.36. The van der Waals surface area contributed by atoms with Crippen LogP contribution < -0.4 is 0 Å². The standard InChI is InChI=1S/C27H29NO8/c29-15-23-24(30)25(33-16-19-9-3-1-4-10-19)26(34-17-20-11-5-2-6-12-20)27(36-23)35-18-21-13-7-8-14-22(21)28(31)32/h1-14,23-27,29-30H,15-18H2/t23-,24-,25+,26-,27-/m1/s1. The Morgan fingerprint density at radius 1 is 0.778 bits per heavy atom. The average Bonchev–Trinajstić information content (AvgIpc) is 2.92. The highest BCUT2D eigenvalue weighted by atomic mass is 16.7. The van der Waals surface area contributed by atoms with Crippen LogP contribution in [0.3, 0.4) is 0 Å². The van der Waals surface area contributed by atoms with E-state index in [2.05, 4.69) is 0 Å². The second kappa shape index (κ2) is 12.7. The molecular formula is C27H29NO8. The van der Waals surface area contributed by atoms with Gasteiger partial charge in [-0.15, -0.1) is 0 Å². The minimum absolute atomic E-state index is 0.0781. The van der Waals surface area contributed by atoms with Crippen LogP contribution in [0.25, 0.3) is 0 Å². The van der Waals surface area contributed by atoms with Gasteiger partial charge in [0.05, 0.1) is 36.9 Å². The molecule has 0 bridgehead atoms. The zero-order chi connectivity index (χ0) is 25.3. The summed E-state index contributed by atoms with van der Waals surface area (Å²) in [6, 6.07) is 25.2. The van der Waals surface area contributed by atoms with Crippen molar-refractivity contribution in [1.82, 2.24) is 0 Å². The van der Waals surface area contributed by atoms with Gasteiger partial charge in [-0.05, 0) is 17.2 Å². The minimum Gasteiger partial charge on any atom is -0.394 e. The van der Waals surface area contributed by atoms with Gasteiger partial charge in [0.15, 0.2) is 6.29 Å². The average molecular weight is 496 g/mol. The van der Waals surface area contributed by atoms with Gasteiger partial charge in [-0.2, -0.15) is 0 Å². The van der Waals surface area contributed by atoms with Crippen LogP contribution in [0.15, 0.2) is 84.9 Å². The lowest BCUT2D eigenvalue weighted by Crippen LogP contribution is -2.60. The highest BCUT2D eigenvalue weighted by Crippen LogP contribution is 2.30. The number of para-hydroxylation sites is 1. The molecule has 36 heavy (non-hydrogen) atoms. The topological polar surface area (TPSA) is 121 Å². The summed E-state index contributed by atoms with van der Waals surface area (Å²) in [5.74, 6) is 0.